The minimum Gasteiger partial charge on any atom is -0.384 e. The molecule has 1 unspecified atom stereocenters. The third-order valence-corrected chi connectivity index (χ3v) is 2.69. The van der Waals surface area contributed by atoms with Crippen LogP contribution in [0.2, 0.25) is 0 Å². The second kappa shape index (κ2) is 7.84. The number of carbonyl (C=O) groups excluding carboxylic acids is 1. The molecule has 1 aromatic rings. The second-order valence-corrected chi connectivity index (χ2v) is 4.46. The number of amides is 1. The van der Waals surface area contributed by atoms with Gasteiger partial charge in [0.05, 0.1) is 6.61 Å². The fourth-order valence-electron chi connectivity index (χ4n) is 1.64. The summed E-state index contributed by atoms with van der Waals surface area (Å²) in [5.74, 6) is 0.0113. The van der Waals surface area contributed by atoms with Crippen LogP contribution in [0.3, 0.4) is 0 Å². The molecule has 1 amide bonds. The van der Waals surface area contributed by atoms with E-state index < -0.39 is 0 Å². The van der Waals surface area contributed by atoms with Crippen LogP contribution < -0.4 is 11.1 Å². The highest BCUT2D eigenvalue weighted by Crippen LogP contribution is 2.16. The van der Waals surface area contributed by atoms with E-state index in [-0.39, 0.29) is 11.9 Å². The maximum Gasteiger partial charge on any atom is 0.224 e. The molecule has 0 fully saturated rings. The quantitative estimate of drug-likeness (QED) is 0.777. The van der Waals surface area contributed by atoms with Crippen LogP contribution >= 0.6 is 0 Å². The number of carbonyl (C=O) groups is 1. The van der Waals surface area contributed by atoms with Crippen LogP contribution in [0.15, 0.2) is 24.3 Å². The van der Waals surface area contributed by atoms with E-state index in [0.717, 1.165) is 17.7 Å². The fourth-order valence-corrected chi connectivity index (χ4v) is 1.64. The molecule has 1 atom stereocenters. The molecule has 0 bridgehead atoms. The van der Waals surface area contributed by atoms with Gasteiger partial charge in [-0.15, -0.1) is 0 Å². The number of benzene rings is 1. The lowest BCUT2D eigenvalue weighted by Gasteiger charge is -2.11. The lowest BCUT2D eigenvalue weighted by molar-refractivity contribution is -0.116. The van der Waals surface area contributed by atoms with Gasteiger partial charge >= 0.3 is 0 Å². The number of anilines is 1. The SMILES string of the molecule is COCCc1ccccc1NC(=O)CCC(C)N. The van der Waals surface area contributed by atoms with Gasteiger partial charge in [0, 0.05) is 25.3 Å². The van der Waals surface area contributed by atoms with Crippen LogP contribution in [-0.4, -0.2) is 25.7 Å². The molecule has 1 rings (SSSR count). The molecule has 0 aromatic heterocycles. The summed E-state index contributed by atoms with van der Waals surface area (Å²) in [7, 11) is 1.67. The van der Waals surface area contributed by atoms with Gasteiger partial charge in [-0.25, -0.2) is 0 Å². The van der Waals surface area contributed by atoms with E-state index in [1.54, 1.807) is 7.11 Å². The molecular formula is C14H22N2O2. The zero-order valence-electron chi connectivity index (χ0n) is 11.1. The number of hydrogen-bond donors (Lipinski definition) is 2. The zero-order chi connectivity index (χ0) is 13.4. The molecule has 0 aliphatic heterocycles. The van der Waals surface area contributed by atoms with E-state index in [0.29, 0.717) is 19.4 Å². The average molecular weight is 250 g/mol. The Balaban J connectivity index is 2.57. The van der Waals surface area contributed by atoms with Gasteiger partial charge in [0.2, 0.25) is 5.91 Å². The maximum absolute atomic E-state index is 11.7. The van der Waals surface area contributed by atoms with Crippen LogP contribution in [0, 0.1) is 0 Å². The zero-order valence-corrected chi connectivity index (χ0v) is 11.1. The topological polar surface area (TPSA) is 64.3 Å². The lowest BCUT2D eigenvalue weighted by Crippen LogP contribution is -2.20. The van der Waals surface area contributed by atoms with E-state index in [1.165, 1.54) is 0 Å². The molecule has 1 aromatic carbocycles. The fraction of sp³-hybridized carbons (Fsp3) is 0.500. The predicted octanol–water partition coefficient (Wildman–Crippen LogP) is 1.94. The first-order valence-electron chi connectivity index (χ1n) is 6.25. The monoisotopic (exact) mass is 250 g/mol. The van der Waals surface area contributed by atoms with E-state index in [2.05, 4.69) is 5.32 Å². The van der Waals surface area contributed by atoms with E-state index in [4.69, 9.17) is 10.5 Å². The Morgan fingerprint density at radius 1 is 1.44 bits per heavy atom. The van der Waals surface area contributed by atoms with Crippen LogP contribution in [0.4, 0.5) is 5.69 Å². The minimum absolute atomic E-state index is 0.0113. The molecule has 4 nitrogen and oxygen atoms in total. The highest BCUT2D eigenvalue weighted by atomic mass is 16.5. The van der Waals surface area contributed by atoms with Crippen molar-refractivity contribution in [3.63, 3.8) is 0 Å². The maximum atomic E-state index is 11.7. The van der Waals surface area contributed by atoms with E-state index in [9.17, 15) is 4.79 Å². The van der Waals surface area contributed by atoms with Crippen molar-refractivity contribution in [2.45, 2.75) is 32.2 Å². The number of nitrogens with one attached hydrogen (secondary N) is 1. The Kier molecular flexibility index (Phi) is 6.39. The summed E-state index contributed by atoms with van der Waals surface area (Å²) >= 11 is 0. The number of ether oxygens (including phenoxy) is 1. The molecule has 100 valence electrons. The number of nitrogens with two attached hydrogens (primary N) is 1. The highest BCUT2D eigenvalue weighted by Gasteiger charge is 2.07. The minimum atomic E-state index is 0.0113. The number of para-hydroxylation sites is 1. The number of methoxy groups -OCH3 is 1. The summed E-state index contributed by atoms with van der Waals surface area (Å²) in [6, 6.07) is 7.84. The molecular weight excluding hydrogens is 228 g/mol. The normalized spacial score (nSPS) is 12.2. The standard InChI is InChI=1S/C14H22N2O2/c1-11(15)7-8-14(17)16-13-6-4-3-5-12(13)9-10-18-2/h3-6,11H,7-10,15H2,1-2H3,(H,16,17). The predicted molar refractivity (Wildman–Crippen MR) is 73.5 cm³/mol. The molecule has 18 heavy (non-hydrogen) atoms. The van der Waals surface area contributed by atoms with Gasteiger partial charge in [-0.05, 0) is 31.4 Å². The summed E-state index contributed by atoms with van der Waals surface area (Å²) in [4.78, 5) is 11.7. The van der Waals surface area contributed by atoms with Gasteiger partial charge in [-0.2, -0.15) is 0 Å². The molecule has 0 saturated heterocycles. The van der Waals surface area contributed by atoms with Gasteiger partial charge in [-0.3, -0.25) is 4.79 Å². The second-order valence-electron chi connectivity index (χ2n) is 4.46. The summed E-state index contributed by atoms with van der Waals surface area (Å²) in [6.07, 6.45) is 1.95. The van der Waals surface area contributed by atoms with Crippen molar-refractivity contribution in [1.29, 1.82) is 0 Å². The third-order valence-electron chi connectivity index (χ3n) is 2.69. The van der Waals surface area contributed by atoms with Gasteiger partial charge in [0.1, 0.15) is 0 Å². The van der Waals surface area contributed by atoms with Gasteiger partial charge < -0.3 is 15.8 Å². The Morgan fingerprint density at radius 3 is 2.83 bits per heavy atom. The van der Waals surface area contributed by atoms with Crippen molar-refractivity contribution in [2.24, 2.45) is 5.73 Å². The molecule has 0 saturated carbocycles. The summed E-state index contributed by atoms with van der Waals surface area (Å²) in [6.45, 7) is 2.55. The molecule has 0 heterocycles. The van der Waals surface area contributed by atoms with Crippen LogP contribution in [0.1, 0.15) is 25.3 Å². The molecule has 4 heteroatoms. The van der Waals surface area contributed by atoms with Crippen molar-refractivity contribution in [1.82, 2.24) is 0 Å². The number of hydrogen-bond acceptors (Lipinski definition) is 3. The first kappa shape index (κ1) is 14.7. The summed E-state index contributed by atoms with van der Waals surface area (Å²) < 4.78 is 5.06. The largest absolute Gasteiger partial charge is 0.384 e. The smallest absolute Gasteiger partial charge is 0.224 e. The van der Waals surface area contributed by atoms with Crippen molar-refractivity contribution in [3.05, 3.63) is 29.8 Å². The molecule has 0 radical (unpaired) electrons. The Morgan fingerprint density at radius 2 is 2.17 bits per heavy atom. The van der Waals surface area contributed by atoms with Crippen molar-refractivity contribution in [2.75, 3.05) is 19.0 Å². The van der Waals surface area contributed by atoms with E-state index >= 15 is 0 Å². The van der Waals surface area contributed by atoms with Gasteiger partial charge in [0.25, 0.3) is 0 Å². The van der Waals surface area contributed by atoms with Gasteiger partial charge in [0.15, 0.2) is 0 Å². The van der Waals surface area contributed by atoms with Crippen LogP contribution in [-0.2, 0) is 16.0 Å². The van der Waals surface area contributed by atoms with Crippen LogP contribution in [0.5, 0.6) is 0 Å². The molecule has 3 N–H and O–H groups in total. The molecule has 0 aliphatic rings. The van der Waals surface area contributed by atoms with Crippen molar-refractivity contribution >= 4 is 11.6 Å². The lowest BCUT2D eigenvalue weighted by atomic mass is 10.1. The Bertz CT molecular complexity index is 378. The summed E-state index contributed by atoms with van der Waals surface area (Å²) in [5.41, 5.74) is 7.59. The Hall–Kier alpha value is -1.39. The first-order chi connectivity index (χ1) is 8.63. The molecule has 0 spiro atoms. The van der Waals surface area contributed by atoms with Crippen molar-refractivity contribution in [3.8, 4) is 0 Å². The number of rotatable bonds is 7. The molecule has 0 aliphatic carbocycles. The van der Waals surface area contributed by atoms with E-state index in [1.807, 2.05) is 31.2 Å². The van der Waals surface area contributed by atoms with Crippen molar-refractivity contribution < 1.29 is 9.53 Å². The van der Waals surface area contributed by atoms with Crippen LogP contribution in [0.25, 0.3) is 0 Å². The Labute approximate surface area is 109 Å². The third kappa shape index (κ3) is 5.29. The summed E-state index contributed by atoms with van der Waals surface area (Å²) in [5, 5.41) is 2.92. The first-order valence-corrected chi connectivity index (χ1v) is 6.25. The highest BCUT2D eigenvalue weighted by molar-refractivity contribution is 5.91. The van der Waals surface area contributed by atoms with Gasteiger partial charge in [-0.1, -0.05) is 18.2 Å². The average Bonchev–Trinajstić information content (AvgIpc) is 2.35.